The maximum Gasteiger partial charge on any atom is 0.326 e. The largest absolute Gasteiger partial charge is 0.508 e. The average Bonchev–Trinajstić information content (AvgIpc) is 2.26. The summed E-state index contributed by atoms with van der Waals surface area (Å²) in [7, 11) is 0. The zero-order chi connectivity index (χ0) is 11.7. The van der Waals surface area contributed by atoms with Crippen LogP contribution in [0.1, 0.15) is 11.1 Å². The quantitative estimate of drug-likeness (QED) is 0.707. The third kappa shape index (κ3) is 1.71. The highest BCUT2D eigenvalue weighted by atomic mass is 16.4. The van der Waals surface area contributed by atoms with Crippen LogP contribution >= 0.6 is 0 Å². The van der Waals surface area contributed by atoms with Gasteiger partial charge in [0.15, 0.2) is 0 Å². The van der Waals surface area contributed by atoms with Gasteiger partial charge in [0.05, 0.1) is 0 Å². The normalized spacial score (nSPS) is 19.0. The monoisotopic (exact) mass is 221 g/mol. The fourth-order valence-electron chi connectivity index (χ4n) is 1.93. The van der Waals surface area contributed by atoms with Gasteiger partial charge in [-0.3, -0.25) is 4.79 Å². The van der Waals surface area contributed by atoms with Gasteiger partial charge in [-0.2, -0.15) is 0 Å². The molecule has 0 spiro atoms. The maximum atomic E-state index is 11.0. The van der Waals surface area contributed by atoms with E-state index in [1.54, 1.807) is 12.1 Å². The van der Waals surface area contributed by atoms with Crippen molar-refractivity contribution in [1.82, 2.24) is 4.90 Å². The van der Waals surface area contributed by atoms with E-state index in [0.29, 0.717) is 6.41 Å². The van der Waals surface area contributed by atoms with Crippen LogP contribution in [0.3, 0.4) is 0 Å². The summed E-state index contributed by atoms with van der Waals surface area (Å²) in [6.45, 7) is 0.226. The van der Waals surface area contributed by atoms with Crippen LogP contribution in [-0.2, 0) is 22.6 Å². The Bertz CT molecular complexity index is 444. The van der Waals surface area contributed by atoms with E-state index in [4.69, 9.17) is 5.11 Å². The molecule has 0 saturated carbocycles. The summed E-state index contributed by atoms with van der Waals surface area (Å²) in [4.78, 5) is 22.9. The molecule has 1 amide bonds. The molecule has 5 nitrogen and oxygen atoms in total. The van der Waals surface area contributed by atoms with E-state index in [2.05, 4.69) is 0 Å². The SMILES string of the molecule is O=CN1Cc2cc(O)ccc2CC1C(=O)O. The number of amides is 1. The molecule has 16 heavy (non-hydrogen) atoms. The lowest BCUT2D eigenvalue weighted by atomic mass is 9.94. The standard InChI is InChI=1S/C11H11NO4/c13-6-12-5-8-3-9(14)2-1-7(8)4-10(12)11(15)16/h1-3,6,10,14H,4-5H2,(H,15,16). The van der Waals surface area contributed by atoms with Crippen LogP contribution in [0.4, 0.5) is 0 Å². The second-order valence-corrected chi connectivity index (χ2v) is 3.79. The van der Waals surface area contributed by atoms with Gasteiger partial charge in [0, 0.05) is 13.0 Å². The molecule has 2 rings (SSSR count). The van der Waals surface area contributed by atoms with Crippen molar-refractivity contribution < 1.29 is 19.8 Å². The molecule has 0 saturated heterocycles. The lowest BCUT2D eigenvalue weighted by molar-refractivity contribution is -0.147. The molecule has 0 bridgehead atoms. The fourth-order valence-corrected chi connectivity index (χ4v) is 1.93. The number of aromatic hydroxyl groups is 1. The summed E-state index contributed by atoms with van der Waals surface area (Å²) < 4.78 is 0. The number of carboxylic acid groups (broad SMARTS) is 1. The van der Waals surface area contributed by atoms with E-state index in [9.17, 15) is 14.7 Å². The molecule has 1 aromatic carbocycles. The molecular weight excluding hydrogens is 210 g/mol. The Kier molecular flexibility index (Phi) is 2.52. The van der Waals surface area contributed by atoms with Crippen LogP contribution in [0.5, 0.6) is 5.75 Å². The van der Waals surface area contributed by atoms with Gasteiger partial charge in [0.1, 0.15) is 11.8 Å². The van der Waals surface area contributed by atoms with Gasteiger partial charge in [-0.1, -0.05) is 6.07 Å². The molecule has 1 aliphatic rings. The third-order valence-electron chi connectivity index (χ3n) is 2.78. The van der Waals surface area contributed by atoms with E-state index in [0.717, 1.165) is 11.1 Å². The second kappa shape index (κ2) is 3.84. The first-order valence-electron chi connectivity index (χ1n) is 4.86. The van der Waals surface area contributed by atoms with Crippen molar-refractivity contribution in [2.24, 2.45) is 0 Å². The van der Waals surface area contributed by atoms with Gasteiger partial charge in [-0.05, 0) is 23.3 Å². The first-order chi connectivity index (χ1) is 7.61. The molecule has 0 radical (unpaired) electrons. The summed E-state index contributed by atoms with van der Waals surface area (Å²) in [6.07, 6.45) is 0.815. The predicted octanol–water partition coefficient (Wildman–Crippen LogP) is 0.360. The van der Waals surface area contributed by atoms with Crippen molar-refractivity contribution in [3.8, 4) is 5.75 Å². The second-order valence-electron chi connectivity index (χ2n) is 3.79. The van der Waals surface area contributed by atoms with E-state index >= 15 is 0 Å². The Morgan fingerprint density at radius 1 is 1.44 bits per heavy atom. The molecule has 2 N–H and O–H groups in total. The summed E-state index contributed by atoms with van der Waals surface area (Å²) in [6, 6.07) is 3.97. The van der Waals surface area contributed by atoms with Crippen molar-refractivity contribution >= 4 is 12.4 Å². The molecule has 0 fully saturated rings. The number of nitrogens with zero attached hydrogens (tertiary/aromatic N) is 1. The topological polar surface area (TPSA) is 77.8 Å². The molecule has 1 unspecified atom stereocenters. The molecule has 1 aliphatic heterocycles. The number of hydrogen-bond donors (Lipinski definition) is 2. The smallest absolute Gasteiger partial charge is 0.326 e. The fraction of sp³-hybridized carbons (Fsp3) is 0.273. The minimum Gasteiger partial charge on any atom is -0.508 e. The Morgan fingerprint density at radius 2 is 2.19 bits per heavy atom. The minimum absolute atomic E-state index is 0.123. The lowest BCUT2D eigenvalue weighted by Gasteiger charge is -2.31. The van der Waals surface area contributed by atoms with Crippen LogP contribution in [0, 0.1) is 0 Å². The van der Waals surface area contributed by atoms with E-state index in [-0.39, 0.29) is 18.7 Å². The van der Waals surface area contributed by atoms with Gasteiger partial charge < -0.3 is 15.1 Å². The number of carbonyl (C=O) groups excluding carboxylic acids is 1. The highest BCUT2D eigenvalue weighted by Gasteiger charge is 2.30. The highest BCUT2D eigenvalue weighted by molar-refractivity contribution is 5.77. The number of phenols is 1. The van der Waals surface area contributed by atoms with Crippen LogP contribution in [0.15, 0.2) is 18.2 Å². The van der Waals surface area contributed by atoms with Gasteiger partial charge in [0.25, 0.3) is 0 Å². The summed E-state index contributed by atoms with van der Waals surface area (Å²) in [5, 5.41) is 18.3. The average molecular weight is 221 g/mol. The molecule has 0 aliphatic carbocycles. The van der Waals surface area contributed by atoms with E-state index < -0.39 is 12.0 Å². The van der Waals surface area contributed by atoms with Gasteiger partial charge in [0.2, 0.25) is 6.41 Å². The van der Waals surface area contributed by atoms with E-state index in [1.807, 2.05) is 0 Å². The molecule has 1 atom stereocenters. The molecule has 0 aromatic heterocycles. The molecule has 5 heteroatoms. The van der Waals surface area contributed by atoms with Crippen molar-refractivity contribution in [3.63, 3.8) is 0 Å². The first kappa shape index (κ1) is 10.5. The zero-order valence-corrected chi connectivity index (χ0v) is 8.46. The Morgan fingerprint density at radius 3 is 2.81 bits per heavy atom. The molecular formula is C11H11NO4. The Labute approximate surface area is 91.9 Å². The molecule has 1 heterocycles. The van der Waals surface area contributed by atoms with Crippen LogP contribution in [0.2, 0.25) is 0 Å². The summed E-state index contributed by atoms with van der Waals surface area (Å²) in [5.74, 6) is -0.885. The van der Waals surface area contributed by atoms with Crippen LogP contribution in [-0.4, -0.2) is 33.5 Å². The van der Waals surface area contributed by atoms with E-state index in [1.165, 1.54) is 11.0 Å². The minimum atomic E-state index is -1.01. The van der Waals surface area contributed by atoms with Crippen LogP contribution in [0.25, 0.3) is 0 Å². The van der Waals surface area contributed by atoms with Crippen molar-refractivity contribution in [1.29, 1.82) is 0 Å². The number of hydrogen-bond acceptors (Lipinski definition) is 3. The number of benzene rings is 1. The first-order valence-corrected chi connectivity index (χ1v) is 4.86. The number of aliphatic carboxylic acids is 1. The predicted molar refractivity (Wildman–Crippen MR) is 54.8 cm³/mol. The van der Waals surface area contributed by atoms with Crippen LogP contribution < -0.4 is 0 Å². The number of fused-ring (bicyclic) bond motifs is 1. The lowest BCUT2D eigenvalue weighted by Crippen LogP contribution is -2.44. The number of carbonyl (C=O) groups is 2. The number of carboxylic acids is 1. The molecule has 84 valence electrons. The number of phenolic OH excluding ortho intramolecular Hbond substituents is 1. The van der Waals surface area contributed by atoms with Gasteiger partial charge in [-0.15, -0.1) is 0 Å². The highest BCUT2D eigenvalue weighted by Crippen LogP contribution is 2.25. The molecule has 1 aromatic rings. The van der Waals surface area contributed by atoms with Gasteiger partial charge >= 0.3 is 5.97 Å². The van der Waals surface area contributed by atoms with Crippen molar-refractivity contribution in [3.05, 3.63) is 29.3 Å². The zero-order valence-electron chi connectivity index (χ0n) is 8.46. The van der Waals surface area contributed by atoms with Crippen molar-refractivity contribution in [2.45, 2.75) is 19.0 Å². The Hall–Kier alpha value is -2.04. The van der Waals surface area contributed by atoms with Gasteiger partial charge in [-0.25, -0.2) is 4.79 Å². The maximum absolute atomic E-state index is 11.0. The summed E-state index contributed by atoms with van der Waals surface area (Å²) in [5.41, 5.74) is 1.66. The third-order valence-corrected chi connectivity index (χ3v) is 2.78. The van der Waals surface area contributed by atoms with Crippen molar-refractivity contribution in [2.75, 3.05) is 0 Å². The number of rotatable bonds is 2. The summed E-state index contributed by atoms with van der Waals surface area (Å²) >= 11 is 0. The Balaban J connectivity index is 2.37.